The van der Waals surface area contributed by atoms with E-state index in [0.29, 0.717) is 23.0 Å². The summed E-state index contributed by atoms with van der Waals surface area (Å²) in [7, 11) is 9.97. The molecular formula is C30H46N4O6. The molecule has 2 heterocycles. The maximum absolute atomic E-state index is 5.68. The average Bonchev–Trinajstić information content (AvgIpc) is 3.00. The Morgan fingerprint density at radius 2 is 0.750 bits per heavy atom. The van der Waals surface area contributed by atoms with E-state index in [1.165, 1.54) is 0 Å². The van der Waals surface area contributed by atoms with Crippen LogP contribution in [0, 0.1) is 0 Å². The number of piperazine rings is 2. The van der Waals surface area contributed by atoms with Gasteiger partial charge in [0, 0.05) is 89.7 Å². The summed E-state index contributed by atoms with van der Waals surface area (Å²) in [6.07, 6.45) is 0. The van der Waals surface area contributed by atoms with Gasteiger partial charge >= 0.3 is 0 Å². The largest absolute Gasteiger partial charge is 0.493 e. The second-order valence-electron chi connectivity index (χ2n) is 10.2. The quantitative estimate of drug-likeness (QED) is 0.367. The Morgan fingerprint density at radius 3 is 1.05 bits per heavy atom. The molecule has 0 aromatic heterocycles. The standard InChI is InChI=1S/C30H46N4O6/c1-35-25-9-7-23(27(37-3)29(25)39-5)21-33-17-13-31(14-18-33)11-12-32-15-19-34(20-16-32)22-24-8-10-26(36-2)30(40-6)28(24)38-4/h7-10H,11-22H2,1-6H3. The molecule has 222 valence electrons. The molecule has 40 heavy (non-hydrogen) atoms. The first-order valence-electron chi connectivity index (χ1n) is 14.0. The molecule has 0 saturated carbocycles. The first kappa shape index (κ1) is 30.0. The summed E-state index contributed by atoms with van der Waals surface area (Å²) in [6.45, 7) is 12.4. The first-order chi connectivity index (χ1) is 19.5. The molecule has 2 fully saturated rings. The summed E-state index contributed by atoms with van der Waals surface area (Å²) in [5, 5.41) is 0. The van der Waals surface area contributed by atoms with Crippen LogP contribution < -0.4 is 28.4 Å². The second-order valence-corrected chi connectivity index (χ2v) is 10.2. The zero-order chi connectivity index (χ0) is 28.5. The highest BCUT2D eigenvalue weighted by Gasteiger charge is 2.24. The van der Waals surface area contributed by atoms with Gasteiger partial charge in [-0.2, -0.15) is 0 Å². The summed E-state index contributed by atoms with van der Waals surface area (Å²) >= 11 is 0. The van der Waals surface area contributed by atoms with Crippen molar-refractivity contribution in [2.45, 2.75) is 13.1 Å². The molecule has 0 amide bonds. The lowest BCUT2D eigenvalue weighted by molar-refractivity contribution is 0.0897. The predicted octanol–water partition coefficient (Wildman–Crippen LogP) is 2.67. The van der Waals surface area contributed by atoms with Crippen molar-refractivity contribution < 1.29 is 28.4 Å². The second kappa shape index (κ2) is 14.6. The molecule has 0 radical (unpaired) electrons. The van der Waals surface area contributed by atoms with Gasteiger partial charge in [0.25, 0.3) is 0 Å². The Morgan fingerprint density at radius 1 is 0.425 bits per heavy atom. The predicted molar refractivity (Wildman–Crippen MR) is 156 cm³/mol. The van der Waals surface area contributed by atoms with Crippen molar-refractivity contribution in [3.8, 4) is 34.5 Å². The third kappa shape index (κ3) is 7.04. The number of hydrogen-bond donors (Lipinski definition) is 0. The van der Waals surface area contributed by atoms with Crippen molar-refractivity contribution in [3.63, 3.8) is 0 Å². The highest BCUT2D eigenvalue weighted by Crippen LogP contribution is 2.41. The zero-order valence-electron chi connectivity index (χ0n) is 25.0. The van der Waals surface area contributed by atoms with Gasteiger partial charge in [0.2, 0.25) is 11.5 Å². The number of benzene rings is 2. The van der Waals surface area contributed by atoms with Crippen LogP contribution >= 0.6 is 0 Å². The van der Waals surface area contributed by atoms with Crippen LogP contribution in [0.2, 0.25) is 0 Å². The lowest BCUT2D eigenvalue weighted by atomic mass is 10.1. The number of hydrogen-bond acceptors (Lipinski definition) is 10. The molecule has 0 aliphatic carbocycles. The minimum Gasteiger partial charge on any atom is -0.493 e. The van der Waals surface area contributed by atoms with Crippen LogP contribution in [0.1, 0.15) is 11.1 Å². The summed E-state index contributed by atoms with van der Waals surface area (Å²) in [6, 6.07) is 8.06. The molecule has 2 aliphatic rings. The maximum atomic E-state index is 5.68. The van der Waals surface area contributed by atoms with Crippen molar-refractivity contribution in [1.82, 2.24) is 19.6 Å². The molecule has 10 nitrogen and oxygen atoms in total. The zero-order valence-corrected chi connectivity index (χ0v) is 25.0. The van der Waals surface area contributed by atoms with E-state index >= 15 is 0 Å². The van der Waals surface area contributed by atoms with Crippen LogP contribution in [0.5, 0.6) is 34.5 Å². The summed E-state index contributed by atoms with van der Waals surface area (Å²) in [5.74, 6) is 4.21. The van der Waals surface area contributed by atoms with Gasteiger partial charge in [0.05, 0.1) is 42.7 Å². The first-order valence-corrected chi connectivity index (χ1v) is 14.0. The van der Waals surface area contributed by atoms with Gasteiger partial charge < -0.3 is 28.4 Å². The monoisotopic (exact) mass is 558 g/mol. The molecule has 2 aromatic carbocycles. The van der Waals surface area contributed by atoms with Crippen LogP contribution in [0.3, 0.4) is 0 Å². The van der Waals surface area contributed by atoms with Gasteiger partial charge in [-0.1, -0.05) is 12.1 Å². The third-order valence-corrected chi connectivity index (χ3v) is 8.02. The smallest absolute Gasteiger partial charge is 0.203 e. The van der Waals surface area contributed by atoms with Gasteiger partial charge in [0.15, 0.2) is 23.0 Å². The molecule has 10 heteroatoms. The summed E-state index contributed by atoms with van der Waals surface area (Å²) in [4.78, 5) is 10.1. The van der Waals surface area contributed by atoms with E-state index in [1.807, 2.05) is 12.1 Å². The Labute approximate surface area is 239 Å². The van der Waals surface area contributed by atoms with Gasteiger partial charge in [-0.3, -0.25) is 19.6 Å². The van der Waals surface area contributed by atoms with E-state index < -0.39 is 0 Å². The lowest BCUT2D eigenvalue weighted by Crippen LogP contribution is -2.51. The Hall–Kier alpha value is -2.92. The van der Waals surface area contributed by atoms with Crippen LogP contribution in [-0.2, 0) is 13.1 Å². The number of methoxy groups -OCH3 is 6. The highest BCUT2D eigenvalue weighted by atomic mass is 16.5. The van der Waals surface area contributed by atoms with E-state index in [4.69, 9.17) is 28.4 Å². The lowest BCUT2D eigenvalue weighted by Gasteiger charge is -2.38. The van der Waals surface area contributed by atoms with Crippen molar-refractivity contribution >= 4 is 0 Å². The Balaban J connectivity index is 1.20. The van der Waals surface area contributed by atoms with E-state index in [2.05, 4.69) is 31.7 Å². The average molecular weight is 559 g/mol. The third-order valence-electron chi connectivity index (χ3n) is 8.02. The normalized spacial score (nSPS) is 17.4. The number of rotatable bonds is 13. The van der Waals surface area contributed by atoms with E-state index in [1.54, 1.807) is 42.7 Å². The van der Waals surface area contributed by atoms with E-state index in [9.17, 15) is 0 Å². The molecule has 4 rings (SSSR count). The van der Waals surface area contributed by atoms with Crippen LogP contribution in [0.15, 0.2) is 24.3 Å². The molecule has 2 aliphatic heterocycles. The molecule has 0 spiro atoms. The molecule has 0 bridgehead atoms. The van der Waals surface area contributed by atoms with E-state index in [-0.39, 0.29) is 0 Å². The van der Waals surface area contributed by atoms with Crippen LogP contribution in [0.25, 0.3) is 0 Å². The van der Waals surface area contributed by atoms with Gasteiger partial charge in [-0.25, -0.2) is 0 Å². The Kier molecular flexibility index (Phi) is 11.0. The number of nitrogens with zero attached hydrogens (tertiary/aromatic N) is 4. The Bertz CT molecular complexity index is 999. The molecule has 0 N–H and O–H groups in total. The fraction of sp³-hybridized carbons (Fsp3) is 0.600. The summed E-state index contributed by atoms with van der Waals surface area (Å²) in [5.41, 5.74) is 2.24. The molecular weight excluding hydrogens is 512 g/mol. The highest BCUT2D eigenvalue weighted by molar-refractivity contribution is 5.56. The van der Waals surface area contributed by atoms with E-state index in [0.717, 1.165) is 101 Å². The number of ether oxygens (including phenoxy) is 6. The van der Waals surface area contributed by atoms with Gasteiger partial charge in [0.1, 0.15) is 0 Å². The fourth-order valence-electron chi connectivity index (χ4n) is 5.68. The van der Waals surface area contributed by atoms with Crippen LogP contribution in [0.4, 0.5) is 0 Å². The SMILES string of the molecule is COc1ccc(CN2CCN(CCN3CCN(Cc4ccc(OC)c(OC)c4OC)CC3)CC2)c(OC)c1OC. The molecule has 2 saturated heterocycles. The van der Waals surface area contributed by atoms with Crippen molar-refractivity contribution in [2.24, 2.45) is 0 Å². The topological polar surface area (TPSA) is 68.3 Å². The fourth-order valence-corrected chi connectivity index (χ4v) is 5.68. The minimum absolute atomic E-state index is 0.657. The molecule has 0 atom stereocenters. The molecule has 0 unspecified atom stereocenters. The van der Waals surface area contributed by atoms with Crippen molar-refractivity contribution in [3.05, 3.63) is 35.4 Å². The van der Waals surface area contributed by atoms with Crippen molar-refractivity contribution in [1.29, 1.82) is 0 Å². The molecule has 2 aromatic rings. The van der Waals surface area contributed by atoms with Crippen molar-refractivity contribution in [2.75, 3.05) is 108 Å². The maximum Gasteiger partial charge on any atom is 0.203 e. The van der Waals surface area contributed by atoms with Gasteiger partial charge in [-0.15, -0.1) is 0 Å². The van der Waals surface area contributed by atoms with Crippen LogP contribution in [-0.4, -0.2) is 128 Å². The summed E-state index contributed by atoms with van der Waals surface area (Å²) < 4.78 is 33.3. The van der Waals surface area contributed by atoms with Gasteiger partial charge in [-0.05, 0) is 12.1 Å². The minimum atomic E-state index is 0.657.